The van der Waals surface area contributed by atoms with Crippen molar-refractivity contribution >= 4 is 12.1 Å². The average molecular weight is 444 g/mol. The number of halogens is 2. The maximum absolute atomic E-state index is 13.3. The van der Waals surface area contributed by atoms with Gasteiger partial charge < -0.3 is 20.1 Å². The molecule has 2 aromatic carbocycles. The van der Waals surface area contributed by atoms with Gasteiger partial charge in [0.15, 0.2) is 0 Å². The molecule has 0 radical (unpaired) electrons. The lowest BCUT2D eigenvalue weighted by molar-refractivity contribution is -0.139. The van der Waals surface area contributed by atoms with Gasteiger partial charge in [-0.05, 0) is 28.7 Å². The zero-order chi connectivity index (χ0) is 22.7. The summed E-state index contributed by atoms with van der Waals surface area (Å²) in [4.78, 5) is 25.8. The second-order valence-electron chi connectivity index (χ2n) is 8.35. The van der Waals surface area contributed by atoms with Gasteiger partial charge in [-0.2, -0.15) is 0 Å². The van der Waals surface area contributed by atoms with Crippen LogP contribution in [0.1, 0.15) is 36.3 Å². The van der Waals surface area contributed by atoms with E-state index >= 15 is 0 Å². The van der Waals surface area contributed by atoms with Gasteiger partial charge in [0.2, 0.25) is 0 Å². The van der Waals surface area contributed by atoms with E-state index in [-0.39, 0.29) is 44.9 Å². The highest BCUT2D eigenvalue weighted by Gasteiger charge is 2.34. The summed E-state index contributed by atoms with van der Waals surface area (Å²) in [5.74, 6) is -3.95. The number of hydrogen-bond acceptors (Lipinski definition) is 4. The Bertz CT molecular complexity index is 942. The number of carbonyl (C=O) groups excluding carboxylic acids is 1. The predicted octanol–water partition coefficient (Wildman–Crippen LogP) is 4.10. The van der Waals surface area contributed by atoms with Crippen molar-refractivity contribution in [2.24, 2.45) is 0 Å². The van der Waals surface area contributed by atoms with Gasteiger partial charge in [0.05, 0.1) is 0 Å². The van der Waals surface area contributed by atoms with Crippen LogP contribution in [0.3, 0.4) is 0 Å². The summed E-state index contributed by atoms with van der Waals surface area (Å²) in [6.07, 6.45) is -1.15. The first-order valence-electron chi connectivity index (χ1n) is 10.8. The molecule has 1 atom stereocenters. The molecule has 2 aliphatic rings. The minimum atomic E-state index is -2.65. The van der Waals surface area contributed by atoms with Crippen LogP contribution in [0.4, 0.5) is 13.6 Å². The maximum Gasteiger partial charge on any atom is 0.407 e. The van der Waals surface area contributed by atoms with Crippen LogP contribution >= 0.6 is 0 Å². The molecule has 4 rings (SSSR count). The van der Waals surface area contributed by atoms with E-state index in [4.69, 9.17) is 4.74 Å². The molecule has 1 saturated heterocycles. The summed E-state index contributed by atoms with van der Waals surface area (Å²) < 4.78 is 32.0. The minimum absolute atomic E-state index is 0.0907. The standard InChI is InChI=1S/C24H26F2N2O4/c25-24(26)10-13-28(14-11-24)12-9-21(22(29)30)27-23(31)32-15-20-18-7-3-1-5-16(18)17-6-2-4-8-19(17)20/h1-8,20-21H,9-15H2,(H,27,31)(H,29,30). The fourth-order valence-corrected chi connectivity index (χ4v) is 4.46. The molecule has 0 spiro atoms. The van der Waals surface area contributed by atoms with E-state index < -0.39 is 24.0 Å². The van der Waals surface area contributed by atoms with Gasteiger partial charge in [0.25, 0.3) is 5.92 Å². The summed E-state index contributed by atoms with van der Waals surface area (Å²) in [5.41, 5.74) is 4.34. The number of likely N-dealkylation sites (tertiary alicyclic amines) is 1. The molecule has 0 bridgehead atoms. The molecule has 0 saturated carbocycles. The number of carboxylic acids is 1. The third-order valence-corrected chi connectivity index (χ3v) is 6.26. The van der Waals surface area contributed by atoms with Crippen LogP contribution in [0.2, 0.25) is 0 Å². The molecule has 1 aliphatic heterocycles. The fraction of sp³-hybridized carbons (Fsp3) is 0.417. The van der Waals surface area contributed by atoms with Crippen LogP contribution in [-0.4, -0.2) is 60.3 Å². The van der Waals surface area contributed by atoms with E-state index in [0.29, 0.717) is 6.54 Å². The Hall–Kier alpha value is -3.00. The number of rotatable bonds is 7. The number of aliphatic carboxylic acids is 1. The van der Waals surface area contributed by atoms with Crippen LogP contribution in [0.25, 0.3) is 11.1 Å². The third kappa shape index (κ3) is 4.91. The molecule has 2 N–H and O–H groups in total. The quantitative estimate of drug-likeness (QED) is 0.672. The number of piperidine rings is 1. The lowest BCUT2D eigenvalue weighted by atomic mass is 9.98. The lowest BCUT2D eigenvalue weighted by Crippen LogP contribution is -2.45. The van der Waals surface area contributed by atoms with Crippen molar-refractivity contribution in [3.8, 4) is 11.1 Å². The number of fused-ring (bicyclic) bond motifs is 3. The summed E-state index contributed by atoms with van der Waals surface area (Å²) >= 11 is 0. The van der Waals surface area contributed by atoms with Gasteiger partial charge in [-0.3, -0.25) is 0 Å². The Morgan fingerprint density at radius 2 is 1.62 bits per heavy atom. The number of nitrogens with one attached hydrogen (secondary N) is 1. The van der Waals surface area contributed by atoms with E-state index in [9.17, 15) is 23.5 Å². The highest BCUT2D eigenvalue weighted by atomic mass is 19.3. The Labute approximate surface area is 185 Å². The number of nitrogens with zero attached hydrogens (tertiary/aromatic N) is 1. The zero-order valence-electron chi connectivity index (χ0n) is 17.6. The molecule has 2 aromatic rings. The van der Waals surface area contributed by atoms with E-state index in [2.05, 4.69) is 5.32 Å². The smallest absolute Gasteiger partial charge is 0.407 e. The molecule has 170 valence electrons. The van der Waals surface area contributed by atoms with Gasteiger partial charge >= 0.3 is 12.1 Å². The topological polar surface area (TPSA) is 78.9 Å². The van der Waals surface area contributed by atoms with Crippen molar-refractivity contribution in [1.82, 2.24) is 10.2 Å². The summed E-state index contributed by atoms with van der Waals surface area (Å²) in [6.45, 7) is 0.832. The molecular weight excluding hydrogens is 418 g/mol. The second kappa shape index (κ2) is 9.24. The van der Waals surface area contributed by atoms with Crippen LogP contribution in [-0.2, 0) is 9.53 Å². The van der Waals surface area contributed by atoms with Gasteiger partial charge in [-0.25, -0.2) is 18.4 Å². The van der Waals surface area contributed by atoms with Crippen molar-refractivity contribution < 1.29 is 28.2 Å². The van der Waals surface area contributed by atoms with Crippen LogP contribution in [0.15, 0.2) is 48.5 Å². The number of alkyl carbamates (subject to hydrolysis) is 1. The highest BCUT2D eigenvalue weighted by molar-refractivity contribution is 5.81. The number of amides is 1. The normalized spacial score (nSPS) is 18.4. The fourth-order valence-electron chi connectivity index (χ4n) is 4.46. The number of ether oxygens (including phenoxy) is 1. The van der Waals surface area contributed by atoms with Gasteiger partial charge in [-0.1, -0.05) is 48.5 Å². The van der Waals surface area contributed by atoms with Gasteiger partial charge in [0.1, 0.15) is 12.6 Å². The lowest BCUT2D eigenvalue weighted by Gasteiger charge is -2.32. The molecule has 1 fully saturated rings. The molecule has 8 heteroatoms. The molecule has 32 heavy (non-hydrogen) atoms. The second-order valence-corrected chi connectivity index (χ2v) is 8.35. The molecular formula is C24H26F2N2O4. The number of carbonyl (C=O) groups is 2. The van der Waals surface area contributed by atoms with Crippen LogP contribution in [0.5, 0.6) is 0 Å². The van der Waals surface area contributed by atoms with Gasteiger partial charge in [-0.15, -0.1) is 0 Å². The Kier molecular flexibility index (Phi) is 6.41. The molecule has 1 heterocycles. The minimum Gasteiger partial charge on any atom is -0.480 e. The summed E-state index contributed by atoms with van der Waals surface area (Å²) in [5, 5.41) is 11.9. The Balaban J connectivity index is 1.32. The summed E-state index contributed by atoms with van der Waals surface area (Å²) in [6, 6.07) is 14.7. The third-order valence-electron chi connectivity index (χ3n) is 6.26. The van der Waals surface area contributed by atoms with Crippen molar-refractivity contribution in [2.75, 3.05) is 26.2 Å². The van der Waals surface area contributed by atoms with E-state index in [1.54, 1.807) is 4.90 Å². The predicted molar refractivity (Wildman–Crippen MR) is 115 cm³/mol. The Morgan fingerprint density at radius 1 is 1.06 bits per heavy atom. The number of alkyl halides is 2. The van der Waals surface area contributed by atoms with Crippen molar-refractivity contribution in [3.05, 3.63) is 59.7 Å². The van der Waals surface area contributed by atoms with E-state index in [1.165, 1.54) is 0 Å². The monoisotopic (exact) mass is 444 g/mol. The van der Waals surface area contributed by atoms with Crippen molar-refractivity contribution in [1.29, 1.82) is 0 Å². The van der Waals surface area contributed by atoms with Crippen molar-refractivity contribution in [3.63, 3.8) is 0 Å². The van der Waals surface area contributed by atoms with E-state index in [1.807, 2.05) is 48.5 Å². The number of hydrogen-bond donors (Lipinski definition) is 2. The maximum atomic E-state index is 13.3. The Morgan fingerprint density at radius 3 is 2.19 bits per heavy atom. The summed E-state index contributed by atoms with van der Waals surface area (Å²) in [7, 11) is 0. The average Bonchev–Trinajstić information content (AvgIpc) is 3.09. The number of carboxylic acid groups (broad SMARTS) is 1. The van der Waals surface area contributed by atoms with Gasteiger partial charge in [0, 0.05) is 38.4 Å². The molecule has 1 aliphatic carbocycles. The molecule has 1 amide bonds. The molecule has 6 nitrogen and oxygen atoms in total. The molecule has 1 unspecified atom stereocenters. The SMILES string of the molecule is O=C(NC(CCN1CCC(F)(F)CC1)C(=O)O)OCC1c2ccccc2-c2ccccc21. The first kappa shape index (κ1) is 22.2. The molecule has 0 aromatic heterocycles. The number of benzene rings is 2. The highest BCUT2D eigenvalue weighted by Crippen LogP contribution is 2.44. The first-order chi connectivity index (χ1) is 15.3. The van der Waals surface area contributed by atoms with E-state index in [0.717, 1.165) is 22.3 Å². The zero-order valence-corrected chi connectivity index (χ0v) is 17.6. The largest absolute Gasteiger partial charge is 0.480 e. The first-order valence-corrected chi connectivity index (χ1v) is 10.8. The van der Waals surface area contributed by atoms with Crippen molar-refractivity contribution in [2.45, 2.75) is 37.1 Å². The van der Waals surface area contributed by atoms with Crippen LogP contribution < -0.4 is 5.32 Å². The van der Waals surface area contributed by atoms with Crippen LogP contribution in [0, 0.1) is 0 Å².